The van der Waals surface area contributed by atoms with Crippen LogP contribution in [-0.4, -0.2) is 68.5 Å². The van der Waals surface area contributed by atoms with Crippen molar-refractivity contribution in [1.82, 2.24) is 5.32 Å². The van der Waals surface area contributed by atoms with Gasteiger partial charge in [-0.1, -0.05) is 236 Å². The number of hydrogen-bond donors (Lipinski definition) is 2. The summed E-state index contributed by atoms with van der Waals surface area (Å²) in [6, 6.07) is -0.914. The molecule has 394 valence electrons. The number of nitrogens with one attached hydrogen (secondary N) is 1. The number of quaternary nitrogens is 1. The molecule has 0 rings (SSSR count). The van der Waals surface area contributed by atoms with Gasteiger partial charge >= 0.3 is 0 Å². The second kappa shape index (κ2) is 49.4. The summed E-state index contributed by atoms with van der Waals surface area (Å²) in [6.45, 7) is 4.61. The van der Waals surface area contributed by atoms with Crippen molar-refractivity contribution in [2.75, 3.05) is 40.9 Å². The molecule has 0 bridgehead atoms. The molecular formula is C58H111N2O6P. The molecule has 3 unspecified atom stereocenters. The van der Waals surface area contributed by atoms with Crippen molar-refractivity contribution in [2.45, 2.75) is 276 Å². The van der Waals surface area contributed by atoms with Crippen LogP contribution in [0.5, 0.6) is 0 Å². The predicted octanol–water partition coefficient (Wildman–Crippen LogP) is 16.5. The van der Waals surface area contributed by atoms with Crippen LogP contribution in [0.25, 0.3) is 0 Å². The SMILES string of the molecule is CCCCCC/C=C\CCCCCCCC(=O)NC(COP(=O)([O-])OCC[N+](C)(C)C)C(O)/C=C/CC/C=C/CC/C=C/CCCCCCCCCCCCCCCCCCCCCCCC. The van der Waals surface area contributed by atoms with E-state index in [9.17, 15) is 19.4 Å². The Balaban J connectivity index is 4.16. The zero-order chi connectivity index (χ0) is 49.2. The highest BCUT2D eigenvalue weighted by Gasteiger charge is 2.23. The highest BCUT2D eigenvalue weighted by molar-refractivity contribution is 7.45. The van der Waals surface area contributed by atoms with Gasteiger partial charge in [-0.25, -0.2) is 0 Å². The maximum absolute atomic E-state index is 12.9. The molecule has 0 aromatic rings. The smallest absolute Gasteiger partial charge is 0.268 e. The van der Waals surface area contributed by atoms with Gasteiger partial charge in [-0.3, -0.25) is 9.36 Å². The summed E-state index contributed by atoms with van der Waals surface area (Å²) in [5.41, 5.74) is 0. The molecule has 0 saturated carbocycles. The number of carbonyl (C=O) groups is 1. The van der Waals surface area contributed by atoms with E-state index in [-0.39, 0.29) is 12.5 Å². The second-order valence-electron chi connectivity index (χ2n) is 20.6. The van der Waals surface area contributed by atoms with Gasteiger partial charge in [0.1, 0.15) is 13.2 Å². The molecule has 0 aromatic carbocycles. The predicted molar refractivity (Wildman–Crippen MR) is 288 cm³/mol. The Labute approximate surface area is 416 Å². The molecule has 67 heavy (non-hydrogen) atoms. The van der Waals surface area contributed by atoms with E-state index in [4.69, 9.17) is 9.05 Å². The van der Waals surface area contributed by atoms with E-state index in [0.717, 1.165) is 64.2 Å². The zero-order valence-electron chi connectivity index (χ0n) is 44.9. The standard InChI is InChI=1S/C58H111N2O6P/c1-6-8-10-12-14-16-18-20-21-22-23-24-25-26-27-28-29-30-31-32-33-34-35-36-37-38-40-41-43-45-47-49-51-57(61)56(55-66-67(63,64)65-54-53-60(3,4)5)59-58(62)52-50-48-46-44-42-39-19-17-15-13-11-9-7-2/h17,19,36-37,41,43,49,51,56-57,61H,6-16,18,20-35,38-40,42,44-48,50,52-55H2,1-5H3,(H-,59,62,63,64)/b19-17-,37-36+,43-41+,51-49+. The number of carbonyl (C=O) groups excluding carboxylic acids is 1. The Hall–Kier alpha value is -1.54. The number of phosphoric acid groups is 1. The summed E-state index contributed by atoms with van der Waals surface area (Å²) in [5.74, 6) is -0.221. The van der Waals surface area contributed by atoms with Crippen LogP contribution in [0.1, 0.15) is 264 Å². The van der Waals surface area contributed by atoms with Crippen LogP contribution < -0.4 is 10.2 Å². The highest BCUT2D eigenvalue weighted by atomic mass is 31.2. The number of amides is 1. The quantitative estimate of drug-likeness (QED) is 0.0272. The number of nitrogens with zero attached hydrogens (tertiary/aromatic N) is 1. The van der Waals surface area contributed by atoms with Gasteiger partial charge in [0.2, 0.25) is 5.91 Å². The Morgan fingerprint density at radius 3 is 1.22 bits per heavy atom. The summed E-state index contributed by atoms with van der Waals surface area (Å²) in [6.07, 6.45) is 65.0. The fourth-order valence-electron chi connectivity index (χ4n) is 8.24. The van der Waals surface area contributed by atoms with Crippen LogP contribution in [0.2, 0.25) is 0 Å². The normalized spacial score (nSPS) is 14.3. The maximum Gasteiger partial charge on any atom is 0.268 e. The minimum atomic E-state index is -4.61. The lowest BCUT2D eigenvalue weighted by molar-refractivity contribution is -0.870. The Morgan fingerprint density at radius 1 is 0.507 bits per heavy atom. The van der Waals surface area contributed by atoms with Crippen LogP contribution >= 0.6 is 7.82 Å². The van der Waals surface area contributed by atoms with Crippen LogP contribution in [-0.2, 0) is 18.4 Å². The summed E-state index contributed by atoms with van der Waals surface area (Å²) < 4.78 is 23.3. The van der Waals surface area contributed by atoms with Crippen LogP contribution in [0.4, 0.5) is 0 Å². The molecule has 0 fully saturated rings. The third-order valence-corrected chi connectivity index (χ3v) is 13.7. The summed E-state index contributed by atoms with van der Waals surface area (Å²) >= 11 is 0. The van der Waals surface area contributed by atoms with Gasteiger partial charge in [-0.15, -0.1) is 0 Å². The van der Waals surface area contributed by atoms with Crippen molar-refractivity contribution in [3.63, 3.8) is 0 Å². The average molecular weight is 964 g/mol. The molecule has 8 nitrogen and oxygen atoms in total. The number of allylic oxidation sites excluding steroid dienone is 7. The first-order valence-corrected chi connectivity index (χ1v) is 30.0. The van der Waals surface area contributed by atoms with E-state index in [2.05, 4.69) is 55.6 Å². The molecular weight excluding hydrogens is 852 g/mol. The van der Waals surface area contributed by atoms with E-state index in [1.165, 1.54) is 180 Å². The Bertz CT molecular complexity index is 1230. The molecule has 0 saturated heterocycles. The molecule has 0 heterocycles. The highest BCUT2D eigenvalue weighted by Crippen LogP contribution is 2.38. The number of aliphatic hydroxyl groups is 1. The van der Waals surface area contributed by atoms with Crippen molar-refractivity contribution in [2.24, 2.45) is 0 Å². The molecule has 0 aliphatic rings. The first-order chi connectivity index (χ1) is 32.5. The van der Waals surface area contributed by atoms with Gasteiger partial charge < -0.3 is 28.8 Å². The number of likely N-dealkylation sites (N-methyl/N-ethyl adjacent to an activating group) is 1. The first kappa shape index (κ1) is 65.5. The first-order valence-electron chi connectivity index (χ1n) is 28.5. The number of hydrogen-bond acceptors (Lipinski definition) is 6. The number of aliphatic hydroxyl groups excluding tert-OH is 1. The third-order valence-electron chi connectivity index (χ3n) is 12.7. The molecule has 0 aromatic heterocycles. The van der Waals surface area contributed by atoms with Gasteiger partial charge in [0.15, 0.2) is 0 Å². The number of rotatable bonds is 52. The summed E-state index contributed by atoms with van der Waals surface area (Å²) in [5, 5.41) is 13.8. The van der Waals surface area contributed by atoms with E-state index in [1.807, 2.05) is 27.2 Å². The van der Waals surface area contributed by atoms with Gasteiger partial charge in [-0.05, 0) is 70.6 Å². The van der Waals surface area contributed by atoms with Gasteiger partial charge in [0, 0.05) is 6.42 Å². The molecule has 1 amide bonds. The fraction of sp³-hybridized carbons (Fsp3) is 0.845. The van der Waals surface area contributed by atoms with Crippen molar-refractivity contribution in [3.05, 3.63) is 48.6 Å². The summed E-state index contributed by atoms with van der Waals surface area (Å²) in [4.78, 5) is 25.4. The second-order valence-corrected chi connectivity index (χ2v) is 22.0. The zero-order valence-corrected chi connectivity index (χ0v) is 45.7. The van der Waals surface area contributed by atoms with E-state index in [0.29, 0.717) is 17.4 Å². The van der Waals surface area contributed by atoms with Crippen molar-refractivity contribution >= 4 is 13.7 Å². The van der Waals surface area contributed by atoms with Crippen LogP contribution in [0.15, 0.2) is 48.6 Å². The van der Waals surface area contributed by atoms with E-state index >= 15 is 0 Å². The van der Waals surface area contributed by atoms with Crippen LogP contribution in [0, 0.1) is 0 Å². The third kappa shape index (κ3) is 52.1. The molecule has 0 radical (unpaired) electrons. The number of phosphoric ester groups is 1. The molecule has 2 N–H and O–H groups in total. The lowest BCUT2D eigenvalue weighted by Gasteiger charge is -2.29. The van der Waals surface area contributed by atoms with Crippen molar-refractivity contribution < 1.29 is 32.9 Å². The van der Waals surface area contributed by atoms with Gasteiger partial charge in [-0.2, -0.15) is 0 Å². The van der Waals surface area contributed by atoms with Crippen molar-refractivity contribution in [1.29, 1.82) is 0 Å². The molecule has 0 aliphatic carbocycles. The van der Waals surface area contributed by atoms with Gasteiger partial charge in [0.05, 0.1) is 39.9 Å². The molecule has 0 spiro atoms. The average Bonchev–Trinajstić information content (AvgIpc) is 3.29. The minimum Gasteiger partial charge on any atom is -0.756 e. The number of unbranched alkanes of at least 4 members (excludes halogenated alkanes) is 33. The maximum atomic E-state index is 12.9. The molecule has 9 heteroatoms. The Morgan fingerprint density at radius 2 is 0.836 bits per heavy atom. The molecule has 3 atom stereocenters. The minimum absolute atomic E-state index is 0.0113. The lowest BCUT2D eigenvalue weighted by Crippen LogP contribution is -2.45. The lowest BCUT2D eigenvalue weighted by atomic mass is 10.0. The monoisotopic (exact) mass is 963 g/mol. The van der Waals surface area contributed by atoms with E-state index in [1.54, 1.807) is 6.08 Å². The van der Waals surface area contributed by atoms with Crippen LogP contribution in [0.3, 0.4) is 0 Å². The van der Waals surface area contributed by atoms with Crippen molar-refractivity contribution in [3.8, 4) is 0 Å². The van der Waals surface area contributed by atoms with Gasteiger partial charge in [0.25, 0.3) is 7.82 Å². The topological polar surface area (TPSA) is 108 Å². The fourth-order valence-corrected chi connectivity index (χ4v) is 8.96. The molecule has 0 aliphatic heterocycles. The Kier molecular flexibility index (Phi) is 48.3. The van der Waals surface area contributed by atoms with E-state index < -0.39 is 26.6 Å². The summed E-state index contributed by atoms with van der Waals surface area (Å²) in [7, 11) is 1.23. The largest absolute Gasteiger partial charge is 0.756 e.